The Bertz CT molecular complexity index is 1300. The van der Waals surface area contributed by atoms with Crippen LogP contribution in [-0.2, 0) is 34.1 Å². The molecule has 3 aromatic rings. The van der Waals surface area contributed by atoms with Gasteiger partial charge in [0.2, 0.25) is 15.9 Å². The maximum Gasteiger partial charge on any atom is 0.268 e. The first-order valence-corrected chi connectivity index (χ1v) is 12.3. The molecule has 9 heteroatoms. The molecule has 2 aromatic carbocycles. The Balaban J connectivity index is 1.54. The molecule has 33 heavy (non-hydrogen) atoms. The molecule has 4 rings (SSSR count). The van der Waals surface area contributed by atoms with Gasteiger partial charge < -0.3 is 15.2 Å². The Hall–Kier alpha value is -3.43. The molecule has 1 atom stereocenters. The van der Waals surface area contributed by atoms with E-state index in [-0.39, 0.29) is 29.0 Å². The molecular weight excluding hydrogens is 440 g/mol. The maximum absolute atomic E-state index is 13.3. The number of aromatic nitrogens is 1. The molecule has 172 valence electrons. The SMILES string of the molecule is CCc1ccccc1CC(=O)N1CC(NC(=O)c2cc(S(N)(=O)=O)c[nH]2)Cc2ccccc21. The van der Waals surface area contributed by atoms with Crippen LogP contribution in [0.5, 0.6) is 0 Å². The zero-order valence-electron chi connectivity index (χ0n) is 18.2. The quantitative estimate of drug-likeness (QED) is 0.515. The number of nitrogens with one attached hydrogen (secondary N) is 2. The monoisotopic (exact) mass is 466 g/mol. The molecule has 2 heterocycles. The van der Waals surface area contributed by atoms with Crippen molar-refractivity contribution in [2.24, 2.45) is 5.14 Å². The zero-order valence-corrected chi connectivity index (χ0v) is 19.1. The number of benzene rings is 2. The van der Waals surface area contributed by atoms with Gasteiger partial charge in [-0.2, -0.15) is 0 Å². The number of amides is 2. The minimum absolute atomic E-state index is 0.0429. The highest BCUT2D eigenvalue weighted by atomic mass is 32.2. The minimum atomic E-state index is -3.91. The first kappa shape index (κ1) is 22.8. The average molecular weight is 467 g/mol. The third-order valence-corrected chi connectivity index (χ3v) is 6.75. The van der Waals surface area contributed by atoms with Gasteiger partial charge >= 0.3 is 0 Å². The largest absolute Gasteiger partial charge is 0.356 e. The molecule has 8 nitrogen and oxygen atoms in total. The van der Waals surface area contributed by atoms with Gasteiger partial charge in [-0.1, -0.05) is 49.4 Å². The molecule has 0 radical (unpaired) electrons. The Labute approximate surface area is 192 Å². The number of primary sulfonamides is 1. The van der Waals surface area contributed by atoms with Crippen LogP contribution in [0.3, 0.4) is 0 Å². The van der Waals surface area contributed by atoms with Gasteiger partial charge in [0.25, 0.3) is 5.91 Å². The van der Waals surface area contributed by atoms with Crippen LogP contribution < -0.4 is 15.4 Å². The van der Waals surface area contributed by atoms with Crippen LogP contribution in [0.15, 0.2) is 65.7 Å². The topological polar surface area (TPSA) is 125 Å². The molecule has 1 unspecified atom stereocenters. The van der Waals surface area contributed by atoms with E-state index in [2.05, 4.69) is 17.2 Å². The van der Waals surface area contributed by atoms with E-state index in [1.165, 1.54) is 12.3 Å². The van der Waals surface area contributed by atoms with Gasteiger partial charge in [0.05, 0.1) is 17.4 Å². The summed E-state index contributed by atoms with van der Waals surface area (Å²) < 4.78 is 23.0. The molecule has 0 fully saturated rings. The van der Waals surface area contributed by atoms with E-state index in [4.69, 9.17) is 5.14 Å². The second-order valence-electron chi connectivity index (χ2n) is 8.10. The van der Waals surface area contributed by atoms with E-state index in [1.54, 1.807) is 4.90 Å². The Morgan fingerprint density at radius 1 is 1.12 bits per heavy atom. The number of hydrogen-bond acceptors (Lipinski definition) is 4. The van der Waals surface area contributed by atoms with E-state index in [0.717, 1.165) is 28.8 Å². The number of anilines is 1. The number of carbonyl (C=O) groups is 2. The number of nitrogens with zero attached hydrogens (tertiary/aromatic N) is 1. The first-order chi connectivity index (χ1) is 15.8. The summed E-state index contributed by atoms with van der Waals surface area (Å²) in [6, 6.07) is 16.4. The van der Waals surface area contributed by atoms with Crippen LogP contribution in [0.1, 0.15) is 34.1 Å². The first-order valence-electron chi connectivity index (χ1n) is 10.7. The second-order valence-corrected chi connectivity index (χ2v) is 9.66. The van der Waals surface area contributed by atoms with Gasteiger partial charge in [-0.15, -0.1) is 0 Å². The summed E-state index contributed by atoms with van der Waals surface area (Å²) in [6.07, 6.45) is 2.85. The Morgan fingerprint density at radius 2 is 1.82 bits per heavy atom. The molecule has 1 aliphatic rings. The second kappa shape index (κ2) is 9.21. The number of sulfonamides is 1. The number of rotatable bonds is 6. The van der Waals surface area contributed by atoms with Crippen molar-refractivity contribution in [3.63, 3.8) is 0 Å². The molecule has 0 bridgehead atoms. The zero-order chi connectivity index (χ0) is 23.6. The van der Waals surface area contributed by atoms with Crippen molar-refractivity contribution in [2.45, 2.75) is 37.1 Å². The molecule has 0 saturated carbocycles. The summed E-state index contributed by atoms with van der Waals surface area (Å²) in [6.45, 7) is 2.38. The molecule has 0 aliphatic carbocycles. The third kappa shape index (κ3) is 4.99. The van der Waals surface area contributed by atoms with Crippen molar-refractivity contribution >= 4 is 27.5 Å². The highest BCUT2D eigenvalue weighted by Crippen LogP contribution is 2.28. The van der Waals surface area contributed by atoms with Gasteiger partial charge in [-0.3, -0.25) is 9.59 Å². The fourth-order valence-electron chi connectivity index (χ4n) is 4.19. The van der Waals surface area contributed by atoms with Gasteiger partial charge in [-0.05, 0) is 41.7 Å². The van der Waals surface area contributed by atoms with Gasteiger partial charge in [0.15, 0.2) is 0 Å². The third-order valence-electron chi connectivity index (χ3n) is 5.86. The number of aromatic amines is 1. The normalized spacial score (nSPS) is 15.7. The highest BCUT2D eigenvalue weighted by Gasteiger charge is 2.30. The van der Waals surface area contributed by atoms with E-state index >= 15 is 0 Å². The lowest BCUT2D eigenvalue weighted by atomic mass is 9.96. The van der Waals surface area contributed by atoms with Crippen LogP contribution in [0.25, 0.3) is 0 Å². The number of H-pyrrole nitrogens is 1. The number of nitrogens with two attached hydrogens (primary N) is 1. The highest BCUT2D eigenvalue weighted by molar-refractivity contribution is 7.89. The summed E-state index contributed by atoms with van der Waals surface area (Å²) >= 11 is 0. The van der Waals surface area contributed by atoms with Gasteiger partial charge in [-0.25, -0.2) is 13.6 Å². The number of fused-ring (bicyclic) bond motifs is 1. The van der Waals surface area contributed by atoms with Gasteiger partial charge in [0.1, 0.15) is 5.69 Å². The summed E-state index contributed by atoms with van der Waals surface area (Å²) in [7, 11) is -3.91. The van der Waals surface area contributed by atoms with E-state index in [0.29, 0.717) is 13.0 Å². The average Bonchev–Trinajstić information content (AvgIpc) is 3.30. The number of hydrogen-bond donors (Lipinski definition) is 3. The predicted octanol–water partition coefficient (Wildman–Crippen LogP) is 2.15. The molecular formula is C24H26N4O4S. The summed E-state index contributed by atoms with van der Waals surface area (Å²) in [5.41, 5.74) is 4.03. The molecule has 1 aliphatic heterocycles. The molecule has 0 spiro atoms. The number of aryl methyl sites for hydroxylation is 1. The Morgan fingerprint density at radius 3 is 2.52 bits per heavy atom. The van der Waals surface area contributed by atoms with Crippen LogP contribution >= 0.6 is 0 Å². The fraction of sp³-hybridized carbons (Fsp3) is 0.250. The van der Waals surface area contributed by atoms with E-state index in [9.17, 15) is 18.0 Å². The number of carbonyl (C=O) groups excluding carboxylic acids is 2. The maximum atomic E-state index is 13.3. The number of para-hydroxylation sites is 1. The Kier molecular flexibility index (Phi) is 6.35. The van der Waals surface area contributed by atoms with Crippen LogP contribution in [0.4, 0.5) is 5.69 Å². The van der Waals surface area contributed by atoms with Crippen molar-refractivity contribution < 1.29 is 18.0 Å². The molecule has 2 amide bonds. The predicted molar refractivity (Wildman–Crippen MR) is 125 cm³/mol. The van der Waals surface area contributed by atoms with Crippen molar-refractivity contribution in [1.29, 1.82) is 0 Å². The summed E-state index contributed by atoms with van der Waals surface area (Å²) in [5, 5.41) is 8.03. The van der Waals surface area contributed by atoms with Gasteiger partial charge in [0, 0.05) is 18.4 Å². The summed E-state index contributed by atoms with van der Waals surface area (Å²) in [5.74, 6) is -0.503. The molecule has 1 aromatic heterocycles. The van der Waals surface area contributed by atoms with Crippen LogP contribution in [0.2, 0.25) is 0 Å². The van der Waals surface area contributed by atoms with Crippen LogP contribution in [-0.4, -0.2) is 37.8 Å². The van der Waals surface area contributed by atoms with Crippen molar-refractivity contribution in [1.82, 2.24) is 10.3 Å². The van der Waals surface area contributed by atoms with Crippen molar-refractivity contribution in [3.05, 3.63) is 83.2 Å². The standard InChI is InChI=1S/C24H26N4O4S/c1-2-16-7-3-4-8-17(16)12-23(29)28-15-19(11-18-9-5-6-10-22(18)28)27-24(30)21-13-20(14-26-21)33(25,31)32/h3-10,13-14,19,26H,2,11-12,15H2,1H3,(H,27,30)(H2,25,31,32). The van der Waals surface area contributed by atoms with E-state index in [1.807, 2.05) is 48.5 Å². The minimum Gasteiger partial charge on any atom is -0.356 e. The van der Waals surface area contributed by atoms with E-state index < -0.39 is 15.9 Å². The van der Waals surface area contributed by atoms with Crippen LogP contribution in [0, 0.1) is 0 Å². The lowest BCUT2D eigenvalue weighted by molar-refractivity contribution is -0.118. The molecule has 4 N–H and O–H groups in total. The van der Waals surface area contributed by atoms with Crippen molar-refractivity contribution in [3.8, 4) is 0 Å². The molecule has 0 saturated heterocycles. The fourth-order valence-corrected chi connectivity index (χ4v) is 4.70. The summed E-state index contributed by atoms with van der Waals surface area (Å²) in [4.78, 5) is 30.3. The smallest absolute Gasteiger partial charge is 0.268 e. The lowest BCUT2D eigenvalue weighted by Crippen LogP contribution is -2.50. The lowest BCUT2D eigenvalue weighted by Gasteiger charge is -2.35. The van der Waals surface area contributed by atoms with Crippen molar-refractivity contribution in [2.75, 3.05) is 11.4 Å².